The Balaban J connectivity index is 1.56. The van der Waals surface area contributed by atoms with Crippen molar-refractivity contribution in [1.29, 1.82) is 0 Å². The number of urea groups is 1. The predicted molar refractivity (Wildman–Crippen MR) is 153 cm³/mol. The molecule has 13 heteroatoms. The normalized spacial score (nSPS) is 14.2. The number of carbonyl (C=O) groups is 4. The van der Waals surface area contributed by atoms with Crippen molar-refractivity contribution in [3.63, 3.8) is 0 Å². The molecule has 1 aliphatic rings. The number of hydrogen-bond donors (Lipinski definition) is 2. The lowest BCUT2D eigenvalue weighted by Crippen LogP contribution is -2.54. The van der Waals surface area contributed by atoms with E-state index < -0.39 is 23.8 Å². The van der Waals surface area contributed by atoms with Crippen LogP contribution in [-0.4, -0.2) is 44.6 Å². The van der Waals surface area contributed by atoms with Crippen LogP contribution in [0.25, 0.3) is 6.08 Å². The minimum atomic E-state index is -0.931. The van der Waals surface area contributed by atoms with Gasteiger partial charge in [0.05, 0.1) is 40.1 Å². The van der Waals surface area contributed by atoms with Gasteiger partial charge in [0.15, 0.2) is 18.1 Å². The Morgan fingerprint density at radius 1 is 1.00 bits per heavy atom. The van der Waals surface area contributed by atoms with Gasteiger partial charge in [-0.25, -0.2) is 9.69 Å². The molecule has 1 saturated heterocycles. The third-order valence-corrected chi connectivity index (χ3v) is 6.88. The highest BCUT2D eigenvalue weighted by Gasteiger charge is 2.37. The highest BCUT2D eigenvalue weighted by Crippen LogP contribution is 2.38. The molecule has 2 N–H and O–H groups in total. The Bertz CT molecular complexity index is 1560. The maximum atomic E-state index is 13.2. The van der Waals surface area contributed by atoms with Gasteiger partial charge < -0.3 is 19.5 Å². The number of carbonyl (C=O) groups excluding carboxylic acids is 4. The molecule has 40 heavy (non-hydrogen) atoms. The van der Waals surface area contributed by atoms with E-state index in [9.17, 15) is 19.2 Å². The fraction of sp³-hybridized carbons (Fsp3) is 0.111. The quantitative estimate of drug-likeness (QED) is 0.246. The molecule has 1 heterocycles. The summed E-state index contributed by atoms with van der Waals surface area (Å²) < 4.78 is 16.7. The van der Waals surface area contributed by atoms with Crippen molar-refractivity contribution in [1.82, 2.24) is 5.32 Å². The summed E-state index contributed by atoms with van der Waals surface area (Å²) >= 11 is 15.4. The molecule has 5 amide bonds. The van der Waals surface area contributed by atoms with Gasteiger partial charge in [-0.15, -0.1) is 0 Å². The van der Waals surface area contributed by atoms with Crippen molar-refractivity contribution in [2.24, 2.45) is 0 Å². The standard InChI is InChI=1S/C27H20BrCl2N3O7/c1-38-21-6-4-3-5-20(21)31-23(34)13-40-24-17(28)10-14(11-22(24)39-2)9-16-25(35)32-27(37)33(26(16)36)15-7-8-18(29)19(30)12-15/h3-12H,13H2,1-2H3,(H,31,34)(H,32,35,37)/b16-9-. The molecule has 0 aliphatic carbocycles. The van der Waals surface area contributed by atoms with Crippen molar-refractivity contribution in [3.05, 3.63) is 80.3 Å². The molecule has 10 nitrogen and oxygen atoms in total. The van der Waals surface area contributed by atoms with E-state index in [1.54, 1.807) is 30.3 Å². The lowest BCUT2D eigenvalue weighted by molar-refractivity contribution is -0.122. The first-order valence-electron chi connectivity index (χ1n) is 11.4. The summed E-state index contributed by atoms with van der Waals surface area (Å²) in [6, 6.07) is 13.2. The SMILES string of the molecule is COc1ccccc1NC(=O)COc1c(Br)cc(/C=C2/C(=O)NC(=O)N(c3ccc(Cl)c(Cl)c3)C2=O)cc1OC. The number of imide groups is 2. The molecule has 0 radical (unpaired) electrons. The minimum absolute atomic E-state index is 0.128. The van der Waals surface area contributed by atoms with Crippen LogP contribution in [0.4, 0.5) is 16.2 Å². The minimum Gasteiger partial charge on any atom is -0.495 e. The monoisotopic (exact) mass is 647 g/mol. The molecule has 0 aromatic heterocycles. The van der Waals surface area contributed by atoms with Crippen molar-refractivity contribution in [3.8, 4) is 17.2 Å². The Hall–Kier alpha value is -4.06. The maximum absolute atomic E-state index is 13.2. The molecular formula is C27H20BrCl2N3O7. The number of barbiturate groups is 1. The zero-order valence-corrected chi connectivity index (χ0v) is 24.0. The Morgan fingerprint density at radius 3 is 2.42 bits per heavy atom. The van der Waals surface area contributed by atoms with Crippen molar-refractivity contribution in [2.45, 2.75) is 0 Å². The summed E-state index contributed by atoms with van der Waals surface area (Å²) in [4.78, 5) is 51.5. The van der Waals surface area contributed by atoms with Crippen LogP contribution in [0.5, 0.6) is 17.2 Å². The van der Waals surface area contributed by atoms with Crippen LogP contribution in [0.2, 0.25) is 10.0 Å². The van der Waals surface area contributed by atoms with E-state index in [2.05, 4.69) is 26.6 Å². The molecule has 4 rings (SSSR count). The molecule has 3 aromatic rings. The second kappa shape index (κ2) is 12.4. The van der Waals surface area contributed by atoms with Crippen molar-refractivity contribution >= 4 is 80.3 Å². The number of anilines is 2. The molecule has 1 aliphatic heterocycles. The fourth-order valence-corrected chi connectivity index (χ4v) is 4.58. The second-order valence-corrected chi connectivity index (χ2v) is 9.80. The number of benzene rings is 3. The highest BCUT2D eigenvalue weighted by molar-refractivity contribution is 9.10. The lowest BCUT2D eigenvalue weighted by Gasteiger charge is -2.26. The first-order chi connectivity index (χ1) is 19.1. The highest BCUT2D eigenvalue weighted by atomic mass is 79.9. The zero-order valence-electron chi connectivity index (χ0n) is 20.9. The fourth-order valence-electron chi connectivity index (χ4n) is 3.72. The topological polar surface area (TPSA) is 123 Å². The van der Waals surface area contributed by atoms with Gasteiger partial charge in [-0.3, -0.25) is 19.7 Å². The first kappa shape index (κ1) is 28.9. The summed E-state index contributed by atoms with van der Waals surface area (Å²) in [5.41, 5.74) is 0.667. The van der Waals surface area contributed by atoms with Crippen LogP contribution in [0, 0.1) is 0 Å². The summed E-state index contributed by atoms with van der Waals surface area (Å²) in [6.45, 7) is -0.352. The van der Waals surface area contributed by atoms with Crippen molar-refractivity contribution in [2.75, 3.05) is 31.0 Å². The second-order valence-electron chi connectivity index (χ2n) is 8.13. The number of halogens is 3. The molecular weight excluding hydrogens is 629 g/mol. The predicted octanol–water partition coefficient (Wildman–Crippen LogP) is 5.46. The number of para-hydroxylation sites is 2. The van der Waals surface area contributed by atoms with Gasteiger partial charge >= 0.3 is 6.03 Å². The van der Waals surface area contributed by atoms with Crippen LogP contribution in [-0.2, 0) is 14.4 Å². The molecule has 0 unspecified atom stereocenters. The van der Waals surface area contributed by atoms with Crippen LogP contribution in [0.3, 0.4) is 0 Å². The number of amides is 5. The van der Waals surface area contributed by atoms with Gasteiger partial charge in [0.1, 0.15) is 11.3 Å². The van der Waals surface area contributed by atoms with Gasteiger partial charge in [-0.1, -0.05) is 35.3 Å². The smallest absolute Gasteiger partial charge is 0.335 e. The van der Waals surface area contributed by atoms with Crippen LogP contribution in [0.15, 0.2) is 64.6 Å². The molecule has 0 atom stereocenters. The lowest BCUT2D eigenvalue weighted by atomic mass is 10.1. The van der Waals surface area contributed by atoms with Gasteiger partial charge in [-0.05, 0) is 70.0 Å². The van der Waals surface area contributed by atoms with Gasteiger partial charge in [-0.2, -0.15) is 0 Å². The third kappa shape index (κ3) is 6.22. The van der Waals surface area contributed by atoms with E-state index in [1.807, 2.05) is 0 Å². The summed E-state index contributed by atoms with van der Waals surface area (Å²) in [5, 5.41) is 5.21. The van der Waals surface area contributed by atoms with Crippen LogP contribution >= 0.6 is 39.1 Å². The van der Waals surface area contributed by atoms with E-state index in [0.29, 0.717) is 21.5 Å². The van der Waals surface area contributed by atoms with E-state index in [4.69, 9.17) is 37.4 Å². The van der Waals surface area contributed by atoms with E-state index in [0.717, 1.165) is 4.90 Å². The molecule has 1 fully saturated rings. The summed E-state index contributed by atoms with van der Waals surface area (Å²) in [5.74, 6) is -1.27. The third-order valence-electron chi connectivity index (χ3n) is 5.55. The van der Waals surface area contributed by atoms with Gasteiger partial charge in [0.25, 0.3) is 17.7 Å². The van der Waals surface area contributed by atoms with Crippen LogP contribution in [0.1, 0.15) is 5.56 Å². The van der Waals surface area contributed by atoms with E-state index in [-0.39, 0.29) is 39.4 Å². The first-order valence-corrected chi connectivity index (χ1v) is 13.0. The molecule has 0 spiro atoms. The van der Waals surface area contributed by atoms with Crippen molar-refractivity contribution < 1.29 is 33.4 Å². The summed E-state index contributed by atoms with van der Waals surface area (Å²) in [6.07, 6.45) is 1.29. The molecule has 0 bridgehead atoms. The number of ether oxygens (including phenoxy) is 3. The molecule has 3 aromatic carbocycles. The van der Waals surface area contributed by atoms with E-state index in [1.165, 1.54) is 44.6 Å². The van der Waals surface area contributed by atoms with E-state index >= 15 is 0 Å². The molecule has 0 saturated carbocycles. The Morgan fingerprint density at radius 2 is 1.73 bits per heavy atom. The Labute approximate surface area is 246 Å². The Kier molecular flexibility index (Phi) is 8.98. The van der Waals surface area contributed by atoms with Gasteiger partial charge in [0, 0.05) is 0 Å². The number of nitrogens with zero attached hydrogens (tertiary/aromatic N) is 1. The average molecular weight is 649 g/mol. The number of hydrogen-bond acceptors (Lipinski definition) is 7. The van der Waals surface area contributed by atoms with Crippen LogP contribution < -0.4 is 29.7 Å². The summed E-state index contributed by atoms with van der Waals surface area (Å²) in [7, 11) is 2.89. The number of methoxy groups -OCH3 is 2. The maximum Gasteiger partial charge on any atom is 0.335 e. The number of nitrogens with one attached hydrogen (secondary N) is 2. The molecule has 206 valence electrons. The average Bonchev–Trinajstić information content (AvgIpc) is 2.92. The van der Waals surface area contributed by atoms with Gasteiger partial charge in [0.2, 0.25) is 0 Å². The zero-order chi connectivity index (χ0) is 29.0. The number of rotatable bonds is 8. The largest absolute Gasteiger partial charge is 0.495 e.